The summed E-state index contributed by atoms with van der Waals surface area (Å²) < 4.78 is 0. The number of aromatic hydroxyl groups is 1. The van der Waals surface area contributed by atoms with Gasteiger partial charge in [-0.05, 0) is 54.2 Å². The first-order valence-electron chi connectivity index (χ1n) is 12.0. The number of carbonyl (C=O) groups is 3. The van der Waals surface area contributed by atoms with Crippen molar-refractivity contribution < 1.29 is 24.6 Å². The van der Waals surface area contributed by atoms with Gasteiger partial charge in [0.25, 0.3) is 0 Å². The number of aliphatic carboxylic acids is 1. The topological polar surface area (TPSA) is 128 Å². The molecular formula is C25H26N2O6S2. The Kier molecular flexibility index (Phi) is 5.20. The molecule has 4 aliphatic rings. The number of carboxylic acids is 1. The number of amides is 2. The highest BCUT2D eigenvalue weighted by Gasteiger charge is 2.70. The van der Waals surface area contributed by atoms with Gasteiger partial charge >= 0.3 is 10.8 Å². The van der Waals surface area contributed by atoms with Gasteiger partial charge in [0.05, 0.1) is 16.9 Å². The van der Waals surface area contributed by atoms with Crippen LogP contribution < -0.4 is 4.87 Å². The molecule has 0 spiro atoms. The number of hydrogen-bond donors (Lipinski definition) is 3. The van der Waals surface area contributed by atoms with Crippen molar-refractivity contribution in [2.75, 3.05) is 0 Å². The van der Waals surface area contributed by atoms with Gasteiger partial charge in [-0.3, -0.25) is 19.3 Å². The number of nitrogens with one attached hydrogen (secondary N) is 1. The summed E-state index contributed by atoms with van der Waals surface area (Å²) in [6.07, 6.45) is 0.983. The minimum Gasteiger partial charge on any atom is -0.508 e. The number of aromatic nitrogens is 1. The number of thiazole rings is 1. The van der Waals surface area contributed by atoms with Crippen molar-refractivity contribution in [2.45, 2.75) is 48.9 Å². The molecule has 1 aromatic heterocycles. The molecule has 2 saturated carbocycles. The number of thioether (sulfide) groups is 1. The normalized spacial score (nSPS) is 33.7. The molecule has 3 heterocycles. The van der Waals surface area contributed by atoms with Crippen LogP contribution in [0, 0.1) is 35.5 Å². The molecule has 6 rings (SSSR count). The van der Waals surface area contributed by atoms with Crippen LogP contribution in [-0.4, -0.2) is 49.2 Å². The van der Waals surface area contributed by atoms with Crippen molar-refractivity contribution in [3.8, 4) is 5.75 Å². The number of rotatable bonds is 5. The third-order valence-electron chi connectivity index (χ3n) is 8.30. The fourth-order valence-electron chi connectivity index (χ4n) is 7.17. The van der Waals surface area contributed by atoms with Crippen LogP contribution in [-0.2, 0) is 14.4 Å². The van der Waals surface area contributed by atoms with Crippen molar-refractivity contribution in [1.82, 2.24) is 9.88 Å². The molecule has 3 N–H and O–H groups in total. The number of hydrogen-bond acceptors (Lipinski definition) is 7. The van der Waals surface area contributed by atoms with E-state index in [4.69, 9.17) is 0 Å². The summed E-state index contributed by atoms with van der Waals surface area (Å²) in [4.78, 5) is 56.4. The van der Waals surface area contributed by atoms with E-state index in [0.29, 0.717) is 0 Å². The molecule has 0 unspecified atom stereocenters. The fraction of sp³-hybridized carbons (Fsp3) is 0.520. The standard InChI is InChI=1S/C25H26N2O6S2/c1-9(2)7-14(24(31)32)27-22(29)17-12-8-13(18(17)23(27)30)19-16(12)15(10-3-5-11(28)6-4-10)20-21(34-19)26-25(33)35-20/h3-6,9,12-19,28H,7-8H2,1-2H3,(H,26,33)(H,31,32)/t12-,13+,14-,15+,16+,17+,18+,19-/m1/s1. The maximum atomic E-state index is 13.7. The van der Waals surface area contributed by atoms with E-state index >= 15 is 0 Å². The Hall–Kier alpha value is -2.59. The summed E-state index contributed by atoms with van der Waals surface area (Å²) >= 11 is 2.78. The molecule has 0 radical (unpaired) electrons. The lowest BCUT2D eigenvalue weighted by molar-refractivity contribution is -0.156. The van der Waals surface area contributed by atoms with E-state index in [1.54, 1.807) is 23.9 Å². The summed E-state index contributed by atoms with van der Waals surface area (Å²) in [6, 6.07) is 5.85. The molecule has 8 nitrogen and oxygen atoms in total. The zero-order valence-corrected chi connectivity index (χ0v) is 20.8. The van der Waals surface area contributed by atoms with Crippen LogP contribution >= 0.6 is 23.1 Å². The number of phenols is 1. The summed E-state index contributed by atoms with van der Waals surface area (Å²) in [5.41, 5.74) is 0.968. The van der Waals surface area contributed by atoms with Crippen LogP contribution in [0.5, 0.6) is 5.75 Å². The van der Waals surface area contributed by atoms with Gasteiger partial charge in [-0.2, -0.15) is 0 Å². The zero-order chi connectivity index (χ0) is 24.8. The monoisotopic (exact) mass is 514 g/mol. The van der Waals surface area contributed by atoms with E-state index in [2.05, 4.69) is 4.98 Å². The van der Waals surface area contributed by atoms with E-state index in [0.717, 1.165) is 26.8 Å². The molecule has 2 aliphatic carbocycles. The molecular weight excluding hydrogens is 488 g/mol. The lowest BCUT2D eigenvalue weighted by Gasteiger charge is -2.43. The van der Waals surface area contributed by atoms with Crippen LogP contribution in [0.4, 0.5) is 0 Å². The number of carbonyl (C=O) groups excluding carboxylic acids is 2. The molecule has 184 valence electrons. The number of benzene rings is 1. The first kappa shape index (κ1) is 22.8. The van der Waals surface area contributed by atoms with Gasteiger partial charge in [0.15, 0.2) is 0 Å². The second kappa shape index (κ2) is 7.96. The van der Waals surface area contributed by atoms with Crippen molar-refractivity contribution >= 4 is 40.9 Å². The van der Waals surface area contributed by atoms with Crippen molar-refractivity contribution in [3.05, 3.63) is 44.4 Å². The lowest BCUT2D eigenvalue weighted by Crippen LogP contribution is -2.47. The third-order valence-corrected chi connectivity index (χ3v) is 10.9. The quantitative estimate of drug-likeness (QED) is 0.523. The maximum absolute atomic E-state index is 13.7. The van der Waals surface area contributed by atoms with Crippen LogP contribution in [0.2, 0.25) is 0 Å². The molecule has 2 amide bonds. The number of H-pyrrole nitrogens is 1. The molecule has 3 fully saturated rings. The van der Waals surface area contributed by atoms with Gasteiger partial charge in [-0.25, -0.2) is 4.79 Å². The zero-order valence-electron chi connectivity index (χ0n) is 19.2. The summed E-state index contributed by atoms with van der Waals surface area (Å²) in [6.45, 7) is 3.77. The SMILES string of the molecule is CC(C)C[C@H](C(=O)O)N1C(=O)[C@H]2[C@@H]3C[C@@H]([C@@H]2C1=O)[C@H]1[C@H](c2ccc(O)cc2)c2sc(=O)[nH]c2S[C@H]31. The predicted octanol–water partition coefficient (Wildman–Crippen LogP) is 3.11. The van der Waals surface area contributed by atoms with E-state index in [9.17, 15) is 29.4 Å². The number of fused-ring (bicyclic) bond motifs is 9. The number of carboxylic acid groups (broad SMARTS) is 1. The van der Waals surface area contributed by atoms with Crippen molar-refractivity contribution in [1.29, 1.82) is 0 Å². The first-order chi connectivity index (χ1) is 16.7. The fourth-order valence-corrected chi connectivity index (χ4v) is 10.1. The van der Waals surface area contributed by atoms with Gasteiger partial charge < -0.3 is 15.2 Å². The minimum atomic E-state index is -1.14. The van der Waals surface area contributed by atoms with Crippen molar-refractivity contribution in [3.63, 3.8) is 0 Å². The Morgan fingerprint density at radius 3 is 2.40 bits per heavy atom. The maximum Gasteiger partial charge on any atom is 0.326 e. The highest BCUT2D eigenvalue weighted by atomic mass is 32.2. The average Bonchev–Trinajstić information content (AvgIpc) is 3.52. The van der Waals surface area contributed by atoms with Crippen LogP contribution in [0.3, 0.4) is 0 Å². The lowest BCUT2D eigenvalue weighted by atomic mass is 9.68. The van der Waals surface area contributed by atoms with E-state index in [1.807, 2.05) is 26.0 Å². The Balaban J connectivity index is 1.42. The van der Waals surface area contributed by atoms with E-state index in [-0.39, 0.29) is 63.7 Å². The number of phenolic OH excluding ortho intramolecular Hbond substituents is 1. The number of nitrogens with zero attached hydrogens (tertiary/aromatic N) is 1. The van der Waals surface area contributed by atoms with Gasteiger partial charge in [0.1, 0.15) is 11.8 Å². The number of imide groups is 1. The Labute approximate surface area is 209 Å². The van der Waals surface area contributed by atoms with Gasteiger partial charge in [0.2, 0.25) is 11.8 Å². The molecule has 1 saturated heterocycles. The minimum absolute atomic E-state index is 0.0266. The van der Waals surface area contributed by atoms with Gasteiger partial charge in [0, 0.05) is 16.0 Å². The molecule has 8 atom stereocenters. The second-order valence-electron chi connectivity index (χ2n) is 10.6. The van der Waals surface area contributed by atoms with Crippen molar-refractivity contribution in [2.24, 2.45) is 35.5 Å². The Morgan fingerprint density at radius 2 is 1.77 bits per heavy atom. The van der Waals surface area contributed by atoms with Crippen LogP contribution in [0.1, 0.15) is 43.0 Å². The molecule has 35 heavy (non-hydrogen) atoms. The highest BCUT2D eigenvalue weighted by molar-refractivity contribution is 8.00. The molecule has 2 aliphatic heterocycles. The average molecular weight is 515 g/mol. The number of likely N-dealkylation sites (tertiary alicyclic amines) is 1. The molecule has 2 bridgehead atoms. The largest absolute Gasteiger partial charge is 0.508 e. The summed E-state index contributed by atoms with van der Waals surface area (Å²) in [7, 11) is 0. The Morgan fingerprint density at radius 1 is 1.11 bits per heavy atom. The smallest absolute Gasteiger partial charge is 0.326 e. The van der Waals surface area contributed by atoms with Crippen LogP contribution in [0.25, 0.3) is 0 Å². The number of aromatic amines is 1. The first-order valence-corrected chi connectivity index (χ1v) is 13.6. The molecule has 1 aromatic carbocycles. The molecule has 10 heteroatoms. The predicted molar refractivity (Wildman–Crippen MR) is 129 cm³/mol. The van der Waals surface area contributed by atoms with Gasteiger partial charge in [-0.15, -0.1) is 11.8 Å². The molecule has 2 aromatic rings. The summed E-state index contributed by atoms with van der Waals surface area (Å²) in [5.74, 6) is -2.86. The summed E-state index contributed by atoms with van der Waals surface area (Å²) in [5, 5.41) is 20.6. The van der Waals surface area contributed by atoms with Crippen LogP contribution in [0.15, 0.2) is 34.1 Å². The van der Waals surface area contributed by atoms with E-state index in [1.165, 1.54) is 11.3 Å². The van der Waals surface area contributed by atoms with Gasteiger partial charge in [-0.1, -0.05) is 37.3 Å². The second-order valence-corrected chi connectivity index (χ2v) is 12.8. The highest BCUT2D eigenvalue weighted by Crippen LogP contribution is 2.68. The Bertz CT molecular complexity index is 1280. The third kappa shape index (κ3) is 3.25. The van der Waals surface area contributed by atoms with E-state index < -0.39 is 23.8 Å².